The van der Waals surface area contributed by atoms with Crippen LogP contribution in [0, 0.1) is 3.57 Å². The van der Waals surface area contributed by atoms with Gasteiger partial charge in [-0.25, -0.2) is 4.90 Å². The molecule has 3 aromatic rings. The van der Waals surface area contributed by atoms with Gasteiger partial charge in [0.2, 0.25) is 17.7 Å². The van der Waals surface area contributed by atoms with Crippen LogP contribution in [-0.2, 0) is 14.4 Å². The van der Waals surface area contributed by atoms with Crippen molar-refractivity contribution in [3.8, 4) is 0 Å². The number of benzene rings is 3. The van der Waals surface area contributed by atoms with E-state index in [4.69, 9.17) is 0 Å². The molecule has 5 nitrogen and oxygen atoms in total. The van der Waals surface area contributed by atoms with Gasteiger partial charge in [-0.05, 0) is 82.8 Å². The highest BCUT2D eigenvalue weighted by atomic mass is 127. The lowest BCUT2D eigenvalue weighted by atomic mass is 10.2. The summed E-state index contributed by atoms with van der Waals surface area (Å²) >= 11 is 3.54. The van der Waals surface area contributed by atoms with Gasteiger partial charge in [-0.3, -0.25) is 14.4 Å². The Morgan fingerprint density at radius 3 is 2.34 bits per heavy atom. The summed E-state index contributed by atoms with van der Waals surface area (Å²) in [6, 6.07) is 24.2. The second-order valence-corrected chi connectivity index (χ2v) is 9.63. The first-order valence-corrected chi connectivity index (χ1v) is 11.9. The van der Waals surface area contributed by atoms with Gasteiger partial charge in [-0.1, -0.05) is 30.3 Å². The molecule has 3 aromatic carbocycles. The number of anilines is 2. The van der Waals surface area contributed by atoms with E-state index in [9.17, 15) is 14.4 Å². The number of nitrogens with one attached hydrogen (secondary N) is 1. The fourth-order valence-electron chi connectivity index (χ4n) is 3.26. The van der Waals surface area contributed by atoms with Gasteiger partial charge in [0.05, 0.1) is 10.9 Å². The van der Waals surface area contributed by atoms with Crippen LogP contribution in [0.5, 0.6) is 0 Å². The quantitative estimate of drug-likeness (QED) is 0.253. The van der Waals surface area contributed by atoms with Gasteiger partial charge in [0.25, 0.3) is 0 Å². The van der Waals surface area contributed by atoms with Crippen LogP contribution in [0.25, 0.3) is 6.08 Å². The molecule has 1 saturated heterocycles. The molecule has 0 radical (unpaired) electrons. The van der Waals surface area contributed by atoms with Gasteiger partial charge in [0.1, 0.15) is 0 Å². The predicted octanol–water partition coefficient (Wildman–Crippen LogP) is 5.37. The number of rotatable bonds is 6. The van der Waals surface area contributed by atoms with Crippen molar-refractivity contribution >= 4 is 69.5 Å². The number of carbonyl (C=O) groups is 3. The third-order valence-corrected chi connectivity index (χ3v) is 6.73. The van der Waals surface area contributed by atoms with E-state index in [2.05, 4.69) is 27.9 Å². The molecule has 7 heteroatoms. The van der Waals surface area contributed by atoms with E-state index >= 15 is 0 Å². The van der Waals surface area contributed by atoms with E-state index in [1.165, 1.54) is 22.7 Å². The maximum Gasteiger partial charge on any atom is 0.248 e. The molecule has 0 spiro atoms. The molecule has 1 N–H and O–H groups in total. The van der Waals surface area contributed by atoms with E-state index in [1.807, 2.05) is 54.6 Å². The van der Waals surface area contributed by atoms with Crippen LogP contribution in [0.4, 0.5) is 11.4 Å². The van der Waals surface area contributed by atoms with Crippen molar-refractivity contribution in [1.82, 2.24) is 0 Å². The van der Waals surface area contributed by atoms with Crippen LogP contribution >= 0.6 is 34.4 Å². The van der Waals surface area contributed by atoms with E-state index < -0.39 is 5.25 Å². The van der Waals surface area contributed by atoms with Crippen molar-refractivity contribution < 1.29 is 14.4 Å². The normalized spacial score (nSPS) is 16.0. The zero-order valence-electron chi connectivity index (χ0n) is 16.9. The molecule has 32 heavy (non-hydrogen) atoms. The number of imide groups is 1. The molecule has 1 unspecified atom stereocenters. The van der Waals surface area contributed by atoms with Gasteiger partial charge in [0, 0.05) is 26.6 Å². The molecule has 1 atom stereocenters. The molecule has 1 aliphatic rings. The topological polar surface area (TPSA) is 66.5 Å². The minimum atomic E-state index is -0.462. The van der Waals surface area contributed by atoms with Crippen molar-refractivity contribution in [2.24, 2.45) is 0 Å². The lowest BCUT2D eigenvalue weighted by Gasteiger charge is -2.15. The zero-order chi connectivity index (χ0) is 22.5. The fourth-order valence-corrected chi connectivity index (χ4v) is 4.67. The van der Waals surface area contributed by atoms with Crippen LogP contribution in [-0.4, -0.2) is 23.0 Å². The minimum absolute atomic E-state index is 0.165. The first-order valence-electron chi connectivity index (χ1n) is 9.93. The summed E-state index contributed by atoms with van der Waals surface area (Å²) in [4.78, 5) is 39.5. The number of hydrogen-bond donors (Lipinski definition) is 1. The zero-order valence-corrected chi connectivity index (χ0v) is 19.9. The Morgan fingerprint density at radius 1 is 0.969 bits per heavy atom. The van der Waals surface area contributed by atoms with Crippen LogP contribution in [0.1, 0.15) is 12.0 Å². The SMILES string of the molecule is O=C(/C=C/c1ccccc1)Nc1ccc(SC2CC(=O)N(c3ccc(I)cc3)C2=O)cc1. The summed E-state index contributed by atoms with van der Waals surface area (Å²) in [5, 5.41) is 2.36. The molecular weight excluding hydrogens is 535 g/mol. The van der Waals surface area contributed by atoms with E-state index in [1.54, 1.807) is 30.3 Å². The molecule has 1 aliphatic heterocycles. The van der Waals surface area contributed by atoms with Gasteiger partial charge in [-0.2, -0.15) is 0 Å². The summed E-state index contributed by atoms with van der Waals surface area (Å²) < 4.78 is 1.04. The highest BCUT2D eigenvalue weighted by Crippen LogP contribution is 2.34. The molecule has 1 fully saturated rings. The number of hydrogen-bond acceptors (Lipinski definition) is 4. The number of thioether (sulfide) groups is 1. The average Bonchev–Trinajstić information content (AvgIpc) is 3.08. The first-order chi connectivity index (χ1) is 15.5. The summed E-state index contributed by atoms with van der Waals surface area (Å²) in [5.41, 5.74) is 2.21. The minimum Gasteiger partial charge on any atom is -0.323 e. The summed E-state index contributed by atoms with van der Waals surface area (Å²) in [6.07, 6.45) is 3.40. The largest absolute Gasteiger partial charge is 0.323 e. The average molecular weight is 554 g/mol. The molecule has 0 aromatic heterocycles. The summed E-state index contributed by atoms with van der Waals surface area (Å²) in [7, 11) is 0. The van der Waals surface area contributed by atoms with E-state index in [-0.39, 0.29) is 24.1 Å². The van der Waals surface area contributed by atoms with E-state index in [0.29, 0.717) is 11.4 Å². The second-order valence-electron chi connectivity index (χ2n) is 7.11. The number of carbonyl (C=O) groups excluding carboxylic acids is 3. The molecule has 0 aliphatic carbocycles. The Hall–Kier alpha value is -2.91. The van der Waals surface area contributed by atoms with Gasteiger partial charge in [-0.15, -0.1) is 11.8 Å². The van der Waals surface area contributed by atoms with Crippen LogP contribution in [0.2, 0.25) is 0 Å². The van der Waals surface area contributed by atoms with Gasteiger partial charge < -0.3 is 5.32 Å². The Balaban J connectivity index is 1.36. The van der Waals surface area contributed by atoms with Crippen LogP contribution in [0.3, 0.4) is 0 Å². The molecule has 0 bridgehead atoms. The van der Waals surface area contributed by atoms with Crippen molar-refractivity contribution in [2.45, 2.75) is 16.6 Å². The van der Waals surface area contributed by atoms with Crippen LogP contribution in [0.15, 0.2) is 89.8 Å². The molecular formula is C25H19IN2O3S. The maximum atomic E-state index is 12.8. The first kappa shape index (κ1) is 22.3. The molecule has 4 rings (SSSR count). The highest BCUT2D eigenvalue weighted by molar-refractivity contribution is 14.1. The smallest absolute Gasteiger partial charge is 0.248 e. The monoisotopic (exact) mass is 554 g/mol. The lowest BCUT2D eigenvalue weighted by Crippen LogP contribution is -2.31. The third-order valence-electron chi connectivity index (χ3n) is 4.82. The Labute approximate surface area is 204 Å². The Kier molecular flexibility index (Phi) is 7.06. The van der Waals surface area contributed by atoms with Gasteiger partial charge in [0.15, 0.2) is 0 Å². The molecule has 160 valence electrons. The summed E-state index contributed by atoms with van der Waals surface area (Å²) in [6.45, 7) is 0. The standard InChI is InChI=1S/C25H19IN2O3S/c26-18-7-11-20(12-8-18)28-24(30)16-22(25(28)31)32-21-13-9-19(10-14-21)27-23(29)15-6-17-4-2-1-3-5-17/h1-15,22H,16H2,(H,27,29)/b15-6+. The highest BCUT2D eigenvalue weighted by Gasteiger charge is 2.40. The van der Waals surface area contributed by atoms with E-state index in [0.717, 1.165) is 14.0 Å². The maximum absolute atomic E-state index is 12.8. The molecule has 0 saturated carbocycles. The van der Waals surface area contributed by atoms with Crippen molar-refractivity contribution in [3.05, 3.63) is 94.1 Å². The molecule has 1 heterocycles. The van der Waals surface area contributed by atoms with Gasteiger partial charge >= 0.3 is 0 Å². The van der Waals surface area contributed by atoms with Crippen molar-refractivity contribution in [2.75, 3.05) is 10.2 Å². The second kappa shape index (κ2) is 10.1. The van der Waals surface area contributed by atoms with Crippen LogP contribution < -0.4 is 10.2 Å². The van der Waals surface area contributed by atoms with Crippen molar-refractivity contribution in [1.29, 1.82) is 0 Å². The summed E-state index contributed by atoms with van der Waals surface area (Å²) in [5.74, 6) is -0.619. The predicted molar refractivity (Wildman–Crippen MR) is 136 cm³/mol. The third kappa shape index (κ3) is 5.46. The number of nitrogens with zero attached hydrogens (tertiary/aromatic N) is 1. The fraction of sp³-hybridized carbons (Fsp3) is 0.0800. The Bertz CT molecular complexity index is 1160. The Morgan fingerprint density at radius 2 is 1.66 bits per heavy atom. The lowest BCUT2D eigenvalue weighted by molar-refractivity contribution is -0.121. The molecule has 3 amide bonds. The number of halogens is 1. The number of amides is 3. The van der Waals surface area contributed by atoms with Crippen molar-refractivity contribution in [3.63, 3.8) is 0 Å².